The molecule has 5 fully saturated rings. The summed E-state index contributed by atoms with van der Waals surface area (Å²) in [7, 11) is 0. The van der Waals surface area contributed by atoms with Gasteiger partial charge in [-0.2, -0.15) is 0 Å². The lowest BCUT2D eigenvalue weighted by atomic mass is 9.73. The number of aliphatic hydroxyl groups is 1. The first-order valence-electron chi connectivity index (χ1n) is 9.59. The molecule has 0 aromatic rings. The number of hydrogen-bond donors (Lipinski definition) is 1. The summed E-state index contributed by atoms with van der Waals surface area (Å²) in [5.74, 6) is 5.03. The standard InChI is InChI=1S/C19H30O2/c20-18(17-15-12-4-5-13(10-12)16(15)17)14-6-9-21-19(11-14)7-2-1-3-8-19/h12-18,20H,1-11H2. The van der Waals surface area contributed by atoms with E-state index in [-0.39, 0.29) is 11.7 Å². The second kappa shape index (κ2) is 4.71. The van der Waals surface area contributed by atoms with Crippen molar-refractivity contribution in [1.29, 1.82) is 0 Å². The molecular weight excluding hydrogens is 260 g/mol. The van der Waals surface area contributed by atoms with E-state index in [2.05, 4.69) is 0 Å². The third-order valence-corrected chi connectivity index (χ3v) is 7.97. The fraction of sp³-hybridized carbons (Fsp3) is 1.00. The molecule has 1 N–H and O–H groups in total. The van der Waals surface area contributed by atoms with Gasteiger partial charge in [0, 0.05) is 6.61 Å². The monoisotopic (exact) mass is 290 g/mol. The van der Waals surface area contributed by atoms with Crippen molar-refractivity contribution >= 4 is 0 Å². The van der Waals surface area contributed by atoms with E-state index in [0.717, 1.165) is 43.1 Å². The van der Waals surface area contributed by atoms with Gasteiger partial charge in [0.2, 0.25) is 0 Å². The Morgan fingerprint density at radius 2 is 1.67 bits per heavy atom. The molecule has 1 spiro atoms. The number of aliphatic hydroxyl groups excluding tert-OH is 1. The van der Waals surface area contributed by atoms with Crippen molar-refractivity contribution in [3.8, 4) is 0 Å². The van der Waals surface area contributed by atoms with E-state index < -0.39 is 0 Å². The van der Waals surface area contributed by atoms with E-state index in [1.807, 2.05) is 0 Å². The molecule has 1 heterocycles. The van der Waals surface area contributed by atoms with E-state index in [1.54, 1.807) is 0 Å². The van der Waals surface area contributed by atoms with Gasteiger partial charge in [-0.3, -0.25) is 0 Å². The zero-order valence-corrected chi connectivity index (χ0v) is 13.2. The lowest BCUT2D eigenvalue weighted by Crippen LogP contribution is -2.45. The van der Waals surface area contributed by atoms with Gasteiger partial charge in [-0.25, -0.2) is 0 Å². The van der Waals surface area contributed by atoms with Crippen LogP contribution in [0.1, 0.15) is 64.2 Å². The number of hydrogen-bond acceptors (Lipinski definition) is 2. The Labute approximate surface area is 128 Å². The Balaban J connectivity index is 1.28. The number of fused-ring (bicyclic) bond motifs is 5. The highest BCUT2D eigenvalue weighted by molar-refractivity contribution is 5.15. The third kappa shape index (κ3) is 1.97. The average molecular weight is 290 g/mol. The van der Waals surface area contributed by atoms with Gasteiger partial charge < -0.3 is 9.84 Å². The van der Waals surface area contributed by atoms with Crippen LogP contribution in [0.4, 0.5) is 0 Å². The molecule has 0 aromatic heterocycles. The topological polar surface area (TPSA) is 29.5 Å². The fourth-order valence-electron chi connectivity index (χ4n) is 7.07. The smallest absolute Gasteiger partial charge is 0.0686 e. The van der Waals surface area contributed by atoms with Crippen molar-refractivity contribution in [3.05, 3.63) is 0 Å². The van der Waals surface area contributed by atoms with Crippen LogP contribution in [0.2, 0.25) is 0 Å². The molecule has 5 rings (SSSR count). The van der Waals surface area contributed by atoms with E-state index in [9.17, 15) is 5.11 Å². The summed E-state index contributed by atoms with van der Waals surface area (Å²) in [5.41, 5.74) is 0.158. The van der Waals surface area contributed by atoms with Crippen LogP contribution in [0.5, 0.6) is 0 Å². The molecule has 118 valence electrons. The molecule has 4 aliphatic carbocycles. The van der Waals surface area contributed by atoms with Crippen molar-refractivity contribution in [1.82, 2.24) is 0 Å². The third-order valence-electron chi connectivity index (χ3n) is 7.97. The lowest BCUT2D eigenvalue weighted by Gasteiger charge is -2.45. The Bertz CT molecular complexity index is 392. The molecule has 2 bridgehead atoms. The highest BCUT2D eigenvalue weighted by Gasteiger charge is 2.67. The quantitative estimate of drug-likeness (QED) is 0.839. The van der Waals surface area contributed by atoms with Crippen LogP contribution in [0, 0.1) is 35.5 Å². The highest BCUT2D eigenvalue weighted by Crippen LogP contribution is 2.71. The summed E-state index contributed by atoms with van der Waals surface area (Å²) in [6, 6.07) is 0. The minimum atomic E-state index is -0.00824. The van der Waals surface area contributed by atoms with E-state index in [1.165, 1.54) is 51.4 Å². The fourth-order valence-corrected chi connectivity index (χ4v) is 7.07. The Morgan fingerprint density at radius 3 is 2.38 bits per heavy atom. The minimum Gasteiger partial charge on any atom is -0.393 e. The van der Waals surface area contributed by atoms with Gasteiger partial charge in [0.1, 0.15) is 0 Å². The minimum absolute atomic E-state index is 0.00824. The van der Waals surface area contributed by atoms with Crippen molar-refractivity contribution in [2.24, 2.45) is 35.5 Å². The van der Waals surface area contributed by atoms with Crippen LogP contribution in [-0.2, 0) is 4.74 Å². The second-order valence-corrected chi connectivity index (χ2v) is 8.90. The molecule has 6 atom stereocenters. The van der Waals surface area contributed by atoms with Crippen LogP contribution in [0.3, 0.4) is 0 Å². The van der Waals surface area contributed by atoms with Crippen molar-refractivity contribution < 1.29 is 9.84 Å². The molecule has 21 heavy (non-hydrogen) atoms. The SMILES string of the molecule is OC(C1CCOC2(CCCCC2)C1)C1C2C3CCC(C3)C21. The summed E-state index contributed by atoms with van der Waals surface area (Å²) in [6.07, 6.45) is 13.2. The van der Waals surface area contributed by atoms with E-state index in [4.69, 9.17) is 4.74 Å². The van der Waals surface area contributed by atoms with Crippen LogP contribution in [0.15, 0.2) is 0 Å². The largest absolute Gasteiger partial charge is 0.393 e. The van der Waals surface area contributed by atoms with Crippen molar-refractivity contribution in [3.63, 3.8) is 0 Å². The zero-order valence-electron chi connectivity index (χ0n) is 13.2. The van der Waals surface area contributed by atoms with E-state index in [0.29, 0.717) is 11.8 Å². The molecular formula is C19H30O2. The Morgan fingerprint density at radius 1 is 0.952 bits per heavy atom. The summed E-state index contributed by atoms with van der Waals surface area (Å²) < 4.78 is 6.22. The normalized spacial score (nSPS) is 51.9. The van der Waals surface area contributed by atoms with Gasteiger partial charge in [0.25, 0.3) is 0 Å². The van der Waals surface area contributed by atoms with Gasteiger partial charge in [-0.05, 0) is 80.5 Å². The molecule has 2 nitrogen and oxygen atoms in total. The molecule has 1 saturated heterocycles. The summed E-state index contributed by atoms with van der Waals surface area (Å²) in [6.45, 7) is 0.899. The molecule has 2 heteroatoms. The molecule has 1 aliphatic heterocycles. The molecule has 5 aliphatic rings. The Kier molecular flexibility index (Phi) is 3.00. The molecule has 6 unspecified atom stereocenters. The first kappa shape index (κ1) is 13.4. The molecule has 0 amide bonds. The predicted octanol–water partition coefficient (Wildman–Crippen LogP) is 3.77. The van der Waals surface area contributed by atoms with Crippen LogP contribution >= 0.6 is 0 Å². The van der Waals surface area contributed by atoms with Gasteiger partial charge in [0.05, 0.1) is 11.7 Å². The van der Waals surface area contributed by atoms with Crippen LogP contribution in [-0.4, -0.2) is 23.4 Å². The van der Waals surface area contributed by atoms with Crippen LogP contribution in [0.25, 0.3) is 0 Å². The maximum Gasteiger partial charge on any atom is 0.0686 e. The van der Waals surface area contributed by atoms with Crippen molar-refractivity contribution in [2.75, 3.05) is 6.61 Å². The molecule has 4 saturated carbocycles. The van der Waals surface area contributed by atoms with Crippen LogP contribution < -0.4 is 0 Å². The van der Waals surface area contributed by atoms with Gasteiger partial charge in [-0.1, -0.05) is 19.3 Å². The summed E-state index contributed by atoms with van der Waals surface area (Å²) >= 11 is 0. The maximum absolute atomic E-state index is 11.0. The first-order valence-corrected chi connectivity index (χ1v) is 9.59. The number of ether oxygens (including phenoxy) is 1. The highest BCUT2D eigenvalue weighted by atomic mass is 16.5. The summed E-state index contributed by atoms with van der Waals surface area (Å²) in [4.78, 5) is 0. The number of rotatable bonds is 2. The summed E-state index contributed by atoms with van der Waals surface area (Å²) in [5, 5.41) is 11.0. The Hall–Kier alpha value is -0.0800. The molecule has 0 aromatic carbocycles. The maximum atomic E-state index is 11.0. The van der Waals surface area contributed by atoms with Gasteiger partial charge >= 0.3 is 0 Å². The lowest BCUT2D eigenvalue weighted by molar-refractivity contribution is -0.136. The average Bonchev–Trinajstić information content (AvgIpc) is 2.94. The zero-order chi connectivity index (χ0) is 14.0. The van der Waals surface area contributed by atoms with Gasteiger partial charge in [0.15, 0.2) is 0 Å². The van der Waals surface area contributed by atoms with Crippen molar-refractivity contribution in [2.45, 2.75) is 75.9 Å². The van der Waals surface area contributed by atoms with E-state index >= 15 is 0 Å². The molecule has 0 radical (unpaired) electrons. The predicted molar refractivity (Wildman–Crippen MR) is 81.8 cm³/mol. The first-order chi connectivity index (χ1) is 10.3. The van der Waals surface area contributed by atoms with Gasteiger partial charge in [-0.15, -0.1) is 0 Å². The second-order valence-electron chi connectivity index (χ2n) is 8.90.